The molecule has 0 aliphatic carbocycles. The largest absolute Gasteiger partial charge is 0.309 e. The van der Waals surface area contributed by atoms with E-state index < -0.39 is 0 Å². The predicted molar refractivity (Wildman–Crippen MR) is 112 cm³/mol. The highest BCUT2D eigenvalue weighted by Crippen LogP contribution is 2.26. The minimum Gasteiger partial charge on any atom is -0.309 e. The van der Waals surface area contributed by atoms with Gasteiger partial charge in [0, 0.05) is 16.5 Å². The van der Waals surface area contributed by atoms with Crippen LogP contribution in [0, 0.1) is 5.82 Å². The van der Waals surface area contributed by atoms with Crippen molar-refractivity contribution in [3.8, 4) is 16.8 Å². The van der Waals surface area contributed by atoms with Gasteiger partial charge in [0.2, 0.25) is 0 Å². The van der Waals surface area contributed by atoms with Crippen LogP contribution in [0.1, 0.15) is 0 Å². The summed E-state index contributed by atoms with van der Waals surface area (Å²) >= 11 is 0. The molecule has 0 radical (unpaired) electrons. The molecule has 0 aliphatic rings. The normalized spacial score (nSPS) is 11.2. The monoisotopic (exact) mass is 365 g/mol. The highest BCUT2D eigenvalue weighted by atomic mass is 19.1. The van der Waals surface area contributed by atoms with E-state index in [4.69, 9.17) is 0 Å². The van der Waals surface area contributed by atoms with Gasteiger partial charge in [-0.25, -0.2) is 4.39 Å². The second-order valence-corrected chi connectivity index (χ2v) is 6.76. The number of hydrogen-bond donors (Lipinski definition) is 0. The van der Waals surface area contributed by atoms with Gasteiger partial charge in [0.05, 0.1) is 11.0 Å². The van der Waals surface area contributed by atoms with Crippen LogP contribution in [-0.2, 0) is 0 Å². The van der Waals surface area contributed by atoms with Crippen molar-refractivity contribution in [3.63, 3.8) is 0 Å². The summed E-state index contributed by atoms with van der Waals surface area (Å²) in [4.78, 5) is 12.9. The molecular formula is C25H16FNO. The first-order valence-corrected chi connectivity index (χ1v) is 9.11. The highest BCUT2D eigenvalue weighted by molar-refractivity contribution is 5.95. The molecule has 0 bridgehead atoms. The Hall–Kier alpha value is -3.72. The molecule has 3 heteroatoms. The van der Waals surface area contributed by atoms with Gasteiger partial charge in [0.25, 0.3) is 0 Å². The fraction of sp³-hybridized carbons (Fsp3) is 0. The van der Waals surface area contributed by atoms with Gasteiger partial charge in [0.15, 0.2) is 5.43 Å². The third-order valence-electron chi connectivity index (χ3n) is 5.07. The molecule has 134 valence electrons. The Kier molecular flexibility index (Phi) is 3.80. The molecule has 1 aromatic heterocycles. The van der Waals surface area contributed by atoms with Crippen LogP contribution >= 0.6 is 0 Å². The molecule has 5 aromatic rings. The summed E-state index contributed by atoms with van der Waals surface area (Å²) in [5.74, 6) is -0.364. The van der Waals surface area contributed by atoms with E-state index in [0.717, 1.165) is 22.3 Å². The van der Waals surface area contributed by atoms with Crippen molar-refractivity contribution in [2.24, 2.45) is 0 Å². The van der Waals surface area contributed by atoms with Gasteiger partial charge in [-0.1, -0.05) is 54.6 Å². The Bertz CT molecular complexity index is 1370. The van der Waals surface area contributed by atoms with Crippen LogP contribution in [0.2, 0.25) is 0 Å². The summed E-state index contributed by atoms with van der Waals surface area (Å²) in [5.41, 5.74) is 4.36. The van der Waals surface area contributed by atoms with Crippen LogP contribution in [0.15, 0.2) is 102 Å². The Balaban J connectivity index is 1.81. The van der Waals surface area contributed by atoms with E-state index >= 15 is 0 Å². The average Bonchev–Trinajstić information content (AvgIpc) is 2.75. The van der Waals surface area contributed by atoms with Gasteiger partial charge in [-0.3, -0.25) is 4.79 Å². The lowest BCUT2D eigenvalue weighted by molar-refractivity contribution is 0.629. The van der Waals surface area contributed by atoms with Crippen LogP contribution in [-0.4, -0.2) is 4.57 Å². The number of pyridine rings is 1. The first-order valence-electron chi connectivity index (χ1n) is 9.11. The van der Waals surface area contributed by atoms with E-state index in [0.29, 0.717) is 16.3 Å². The van der Waals surface area contributed by atoms with Crippen molar-refractivity contribution in [2.75, 3.05) is 0 Å². The van der Waals surface area contributed by atoms with Crippen molar-refractivity contribution >= 4 is 21.8 Å². The van der Waals surface area contributed by atoms with Crippen LogP contribution < -0.4 is 5.43 Å². The van der Waals surface area contributed by atoms with E-state index in [9.17, 15) is 9.18 Å². The summed E-state index contributed by atoms with van der Waals surface area (Å²) in [5, 5.41) is 1.13. The van der Waals surface area contributed by atoms with E-state index in [1.807, 2.05) is 71.3 Å². The van der Waals surface area contributed by atoms with E-state index in [2.05, 4.69) is 12.1 Å². The summed E-state index contributed by atoms with van der Waals surface area (Å²) in [7, 11) is 0. The zero-order chi connectivity index (χ0) is 19.1. The number of fused-ring (bicyclic) bond motifs is 2. The smallest absolute Gasteiger partial charge is 0.197 e. The van der Waals surface area contributed by atoms with E-state index in [1.165, 1.54) is 12.1 Å². The van der Waals surface area contributed by atoms with E-state index in [1.54, 1.807) is 6.07 Å². The number of halogens is 1. The lowest BCUT2D eigenvalue weighted by atomic mass is 10.0. The van der Waals surface area contributed by atoms with Gasteiger partial charge in [0.1, 0.15) is 5.82 Å². The van der Waals surface area contributed by atoms with Crippen molar-refractivity contribution in [1.29, 1.82) is 0 Å². The first-order chi connectivity index (χ1) is 13.7. The maximum atomic E-state index is 14.0. The van der Waals surface area contributed by atoms with Gasteiger partial charge < -0.3 is 4.57 Å². The summed E-state index contributed by atoms with van der Waals surface area (Å²) in [6, 6.07) is 30.0. The number of nitrogens with zero attached hydrogens (tertiary/aromatic N) is 1. The molecule has 0 amide bonds. The zero-order valence-corrected chi connectivity index (χ0v) is 15.0. The molecule has 0 saturated carbocycles. The maximum absolute atomic E-state index is 14.0. The Morgan fingerprint density at radius 1 is 0.607 bits per heavy atom. The third-order valence-corrected chi connectivity index (χ3v) is 5.07. The second kappa shape index (κ2) is 6.46. The molecular weight excluding hydrogens is 349 g/mol. The quantitative estimate of drug-likeness (QED) is 0.354. The molecule has 28 heavy (non-hydrogen) atoms. The van der Waals surface area contributed by atoms with Crippen LogP contribution in [0.5, 0.6) is 0 Å². The molecule has 0 unspecified atom stereocenters. The molecule has 4 aromatic carbocycles. The number of rotatable bonds is 2. The van der Waals surface area contributed by atoms with Crippen LogP contribution in [0.3, 0.4) is 0 Å². The fourth-order valence-corrected chi connectivity index (χ4v) is 3.73. The molecule has 0 fully saturated rings. The number of hydrogen-bond acceptors (Lipinski definition) is 1. The van der Waals surface area contributed by atoms with Crippen molar-refractivity contribution in [1.82, 2.24) is 4.57 Å². The van der Waals surface area contributed by atoms with Gasteiger partial charge >= 0.3 is 0 Å². The highest BCUT2D eigenvalue weighted by Gasteiger charge is 2.13. The second-order valence-electron chi connectivity index (χ2n) is 6.76. The Morgan fingerprint density at radius 2 is 1.25 bits per heavy atom. The zero-order valence-electron chi connectivity index (χ0n) is 15.0. The van der Waals surface area contributed by atoms with Crippen molar-refractivity contribution < 1.29 is 4.39 Å². The van der Waals surface area contributed by atoms with Crippen molar-refractivity contribution in [2.45, 2.75) is 0 Å². The fourth-order valence-electron chi connectivity index (χ4n) is 3.73. The summed E-state index contributed by atoms with van der Waals surface area (Å²) < 4.78 is 16.0. The number of benzene rings is 4. The number of aromatic nitrogens is 1. The molecule has 1 heterocycles. The van der Waals surface area contributed by atoms with Crippen molar-refractivity contribution in [3.05, 3.63) is 113 Å². The SMILES string of the molecule is O=c1c2ccccc2n(-c2ccc(-c3ccccc3)cc2)c2cc(F)ccc12. The van der Waals surface area contributed by atoms with Gasteiger partial charge in [-0.05, 0) is 53.6 Å². The standard InChI is InChI=1S/C25H16FNO/c26-19-12-15-22-24(16-19)27(23-9-5-4-8-21(23)25(22)28)20-13-10-18(11-14-20)17-6-2-1-3-7-17/h1-16H. The van der Waals surface area contributed by atoms with Crippen LogP contribution in [0.25, 0.3) is 38.6 Å². The first kappa shape index (κ1) is 16.5. The predicted octanol–water partition coefficient (Wildman–Crippen LogP) is 5.95. The Morgan fingerprint density at radius 3 is 2.04 bits per heavy atom. The number of para-hydroxylation sites is 1. The Labute approximate surface area is 161 Å². The lowest BCUT2D eigenvalue weighted by Crippen LogP contribution is -2.10. The molecule has 5 rings (SSSR count). The summed E-state index contributed by atoms with van der Waals surface area (Å²) in [6.45, 7) is 0. The van der Waals surface area contributed by atoms with Gasteiger partial charge in [-0.2, -0.15) is 0 Å². The summed E-state index contributed by atoms with van der Waals surface area (Å²) in [6.07, 6.45) is 0. The minimum atomic E-state index is -0.364. The van der Waals surface area contributed by atoms with Crippen LogP contribution in [0.4, 0.5) is 4.39 Å². The molecule has 0 atom stereocenters. The minimum absolute atomic E-state index is 0.0808. The van der Waals surface area contributed by atoms with Gasteiger partial charge in [-0.15, -0.1) is 0 Å². The third kappa shape index (κ3) is 2.60. The maximum Gasteiger partial charge on any atom is 0.197 e. The van der Waals surface area contributed by atoms with E-state index in [-0.39, 0.29) is 11.2 Å². The lowest BCUT2D eigenvalue weighted by Gasteiger charge is -2.16. The molecule has 0 spiro atoms. The molecule has 0 saturated heterocycles. The molecule has 0 N–H and O–H groups in total. The molecule has 2 nitrogen and oxygen atoms in total. The average molecular weight is 365 g/mol. The topological polar surface area (TPSA) is 22.0 Å². The molecule has 0 aliphatic heterocycles.